The quantitative estimate of drug-likeness (QED) is 0.715. The van der Waals surface area contributed by atoms with Gasteiger partial charge in [-0.25, -0.2) is 0 Å². The minimum absolute atomic E-state index is 0.324. The molecule has 0 radical (unpaired) electrons. The van der Waals surface area contributed by atoms with Gasteiger partial charge in [-0.1, -0.05) is 0 Å². The Bertz CT molecular complexity index is 831. The molecule has 0 atom stereocenters. The van der Waals surface area contributed by atoms with Crippen LogP contribution in [0.5, 0.6) is 28.7 Å². The van der Waals surface area contributed by atoms with Gasteiger partial charge in [0.25, 0.3) is 0 Å². The van der Waals surface area contributed by atoms with Crippen molar-refractivity contribution in [2.24, 2.45) is 0 Å². The first kappa shape index (κ1) is 20.0. The molecular weight excluding hydrogens is 350 g/mol. The Kier molecular flexibility index (Phi) is 6.93. The van der Waals surface area contributed by atoms with E-state index in [0.717, 1.165) is 0 Å². The molecule has 0 aromatic heterocycles. The molecule has 0 unspecified atom stereocenters. The van der Waals surface area contributed by atoms with Crippen LogP contribution in [0.25, 0.3) is 6.08 Å². The molecule has 27 heavy (non-hydrogen) atoms. The van der Waals surface area contributed by atoms with E-state index in [1.165, 1.54) is 27.4 Å². The van der Waals surface area contributed by atoms with Crippen LogP contribution >= 0.6 is 0 Å². The molecule has 0 aliphatic rings. The topological polar surface area (TPSA) is 75.3 Å². The third-order valence-electron chi connectivity index (χ3n) is 3.82. The fraction of sp³-hybridized carbons (Fsp3) is 0.250. The summed E-state index contributed by atoms with van der Waals surface area (Å²) in [7, 11) is 7.68. The van der Waals surface area contributed by atoms with Crippen LogP contribution in [0.4, 0.5) is 5.69 Å². The maximum Gasteiger partial charge on any atom is 0.248 e. The number of benzene rings is 2. The second-order valence-corrected chi connectivity index (χ2v) is 5.31. The summed E-state index contributed by atoms with van der Waals surface area (Å²) in [5.74, 6) is 2.28. The average molecular weight is 373 g/mol. The predicted octanol–water partition coefficient (Wildman–Crippen LogP) is 3.38. The van der Waals surface area contributed by atoms with E-state index in [1.807, 2.05) is 0 Å². The summed E-state index contributed by atoms with van der Waals surface area (Å²) >= 11 is 0. The molecular formula is C20H23NO6. The van der Waals surface area contributed by atoms with Crippen LogP contribution in [-0.4, -0.2) is 41.5 Å². The van der Waals surface area contributed by atoms with Crippen molar-refractivity contribution in [1.29, 1.82) is 0 Å². The lowest BCUT2D eigenvalue weighted by molar-refractivity contribution is -0.111. The van der Waals surface area contributed by atoms with Gasteiger partial charge in [0.1, 0.15) is 11.5 Å². The largest absolute Gasteiger partial charge is 0.497 e. The molecule has 7 nitrogen and oxygen atoms in total. The number of amides is 1. The summed E-state index contributed by atoms with van der Waals surface area (Å²) < 4.78 is 26.4. The maximum absolute atomic E-state index is 12.3. The monoisotopic (exact) mass is 373 g/mol. The van der Waals surface area contributed by atoms with Gasteiger partial charge in [-0.05, 0) is 30.3 Å². The van der Waals surface area contributed by atoms with Gasteiger partial charge in [0.2, 0.25) is 11.7 Å². The van der Waals surface area contributed by atoms with E-state index in [4.69, 9.17) is 23.7 Å². The van der Waals surface area contributed by atoms with Crippen LogP contribution in [0.2, 0.25) is 0 Å². The minimum atomic E-state index is -0.324. The number of carbonyl (C=O) groups excluding carboxylic acids is 1. The summed E-state index contributed by atoms with van der Waals surface area (Å²) in [6.07, 6.45) is 3.03. The number of rotatable bonds is 8. The number of nitrogens with one attached hydrogen (secondary N) is 1. The molecule has 2 rings (SSSR count). The van der Waals surface area contributed by atoms with Crippen molar-refractivity contribution in [3.63, 3.8) is 0 Å². The van der Waals surface area contributed by atoms with Crippen molar-refractivity contribution in [2.75, 3.05) is 40.9 Å². The van der Waals surface area contributed by atoms with Gasteiger partial charge in [0.15, 0.2) is 11.5 Å². The van der Waals surface area contributed by atoms with Crippen LogP contribution in [-0.2, 0) is 4.79 Å². The smallest absolute Gasteiger partial charge is 0.248 e. The number of carbonyl (C=O) groups is 1. The van der Waals surface area contributed by atoms with E-state index in [1.54, 1.807) is 50.6 Å². The zero-order valence-corrected chi connectivity index (χ0v) is 16.0. The molecule has 2 aromatic rings. The highest BCUT2D eigenvalue weighted by Gasteiger charge is 2.14. The Morgan fingerprint density at radius 2 is 1.52 bits per heavy atom. The third kappa shape index (κ3) is 4.63. The van der Waals surface area contributed by atoms with E-state index in [2.05, 4.69) is 5.32 Å². The summed E-state index contributed by atoms with van der Waals surface area (Å²) in [6, 6.07) is 8.65. The molecule has 0 aliphatic carbocycles. The number of ether oxygens (including phenoxy) is 5. The number of hydrogen-bond donors (Lipinski definition) is 1. The van der Waals surface area contributed by atoms with Crippen molar-refractivity contribution in [2.45, 2.75) is 0 Å². The van der Waals surface area contributed by atoms with Gasteiger partial charge in [-0.3, -0.25) is 4.79 Å². The van der Waals surface area contributed by atoms with Crippen molar-refractivity contribution in [3.8, 4) is 28.7 Å². The van der Waals surface area contributed by atoms with Crippen LogP contribution < -0.4 is 29.0 Å². The molecule has 0 aliphatic heterocycles. The van der Waals surface area contributed by atoms with Gasteiger partial charge < -0.3 is 29.0 Å². The molecule has 2 aromatic carbocycles. The predicted molar refractivity (Wildman–Crippen MR) is 103 cm³/mol. The van der Waals surface area contributed by atoms with E-state index in [-0.39, 0.29) is 5.91 Å². The van der Waals surface area contributed by atoms with Crippen LogP contribution in [0.1, 0.15) is 5.56 Å². The normalized spacial score (nSPS) is 10.4. The first-order valence-electron chi connectivity index (χ1n) is 8.08. The lowest BCUT2D eigenvalue weighted by Gasteiger charge is -2.14. The highest BCUT2D eigenvalue weighted by Crippen LogP contribution is 2.40. The van der Waals surface area contributed by atoms with Crippen molar-refractivity contribution in [3.05, 3.63) is 42.0 Å². The molecule has 0 saturated carbocycles. The fourth-order valence-electron chi connectivity index (χ4n) is 2.50. The summed E-state index contributed by atoms with van der Waals surface area (Å²) in [5, 5.41) is 2.77. The SMILES string of the molecule is COc1ccc(NC(=O)C=Cc2ccc(OC)c(OC)c2OC)c(OC)c1. The van der Waals surface area contributed by atoms with Crippen LogP contribution in [0.3, 0.4) is 0 Å². The Hall–Kier alpha value is -3.35. The molecule has 0 fully saturated rings. The van der Waals surface area contributed by atoms with Gasteiger partial charge >= 0.3 is 0 Å². The number of methoxy groups -OCH3 is 5. The van der Waals surface area contributed by atoms with Crippen molar-refractivity contribution in [1.82, 2.24) is 0 Å². The summed E-state index contributed by atoms with van der Waals surface area (Å²) in [6.45, 7) is 0. The van der Waals surface area contributed by atoms with Crippen molar-refractivity contribution >= 4 is 17.7 Å². The molecule has 7 heteroatoms. The highest BCUT2D eigenvalue weighted by atomic mass is 16.5. The Labute approximate surface area is 158 Å². The van der Waals surface area contributed by atoms with E-state index < -0.39 is 0 Å². The molecule has 1 amide bonds. The second kappa shape index (κ2) is 9.38. The number of anilines is 1. The molecule has 0 spiro atoms. The molecule has 1 N–H and O–H groups in total. The van der Waals surface area contributed by atoms with E-state index >= 15 is 0 Å². The highest BCUT2D eigenvalue weighted by molar-refractivity contribution is 6.03. The van der Waals surface area contributed by atoms with Crippen LogP contribution in [0, 0.1) is 0 Å². The van der Waals surface area contributed by atoms with Gasteiger partial charge in [-0.15, -0.1) is 0 Å². The maximum atomic E-state index is 12.3. The zero-order chi connectivity index (χ0) is 19.8. The zero-order valence-electron chi connectivity index (χ0n) is 16.0. The lowest BCUT2D eigenvalue weighted by atomic mass is 10.1. The second-order valence-electron chi connectivity index (χ2n) is 5.31. The van der Waals surface area contributed by atoms with Crippen LogP contribution in [0.15, 0.2) is 36.4 Å². The molecule has 0 bridgehead atoms. The van der Waals surface area contributed by atoms with Crippen molar-refractivity contribution < 1.29 is 28.5 Å². The molecule has 144 valence electrons. The summed E-state index contributed by atoms with van der Waals surface area (Å²) in [5.41, 5.74) is 1.21. The third-order valence-corrected chi connectivity index (χ3v) is 3.82. The summed E-state index contributed by atoms with van der Waals surface area (Å²) in [4.78, 5) is 12.3. The Morgan fingerprint density at radius 1 is 0.815 bits per heavy atom. The first-order chi connectivity index (χ1) is 13.1. The van der Waals surface area contributed by atoms with Gasteiger partial charge in [0.05, 0.1) is 41.2 Å². The average Bonchev–Trinajstić information content (AvgIpc) is 2.71. The Morgan fingerprint density at radius 3 is 2.11 bits per heavy atom. The minimum Gasteiger partial charge on any atom is -0.497 e. The Balaban J connectivity index is 2.22. The van der Waals surface area contributed by atoms with Gasteiger partial charge in [-0.2, -0.15) is 0 Å². The standard InChI is InChI=1S/C20H23NO6/c1-23-14-8-9-15(17(12-14)25-3)21-18(22)11-7-13-6-10-16(24-2)20(27-5)19(13)26-4/h6-12H,1-5H3,(H,21,22). The van der Waals surface area contributed by atoms with E-state index in [0.29, 0.717) is 40.0 Å². The van der Waals surface area contributed by atoms with E-state index in [9.17, 15) is 4.79 Å². The fourth-order valence-corrected chi connectivity index (χ4v) is 2.50. The first-order valence-corrected chi connectivity index (χ1v) is 8.08. The number of hydrogen-bond acceptors (Lipinski definition) is 6. The molecule has 0 saturated heterocycles. The van der Waals surface area contributed by atoms with Gasteiger partial charge in [0, 0.05) is 17.7 Å². The lowest BCUT2D eigenvalue weighted by Crippen LogP contribution is -2.09. The molecule has 0 heterocycles.